The Morgan fingerprint density at radius 3 is 2.54 bits per heavy atom. The molecule has 1 aromatic carbocycles. The van der Waals surface area contributed by atoms with Crippen LogP contribution in [0.3, 0.4) is 0 Å². The molecule has 0 aliphatic carbocycles. The highest BCUT2D eigenvalue weighted by Gasteiger charge is 2.30. The maximum absolute atomic E-state index is 12.8. The first-order chi connectivity index (χ1) is 12.5. The highest BCUT2D eigenvalue weighted by atomic mass is 16.3. The van der Waals surface area contributed by atoms with E-state index < -0.39 is 0 Å². The SMILES string of the molecule is Cc1ccc(CN(C)C(=O)C2CCN(C(=O)c3ccco3)CC2)c(C)c1. The zero-order chi connectivity index (χ0) is 18.7. The molecule has 138 valence electrons. The predicted molar refractivity (Wildman–Crippen MR) is 99.7 cm³/mol. The standard InChI is InChI=1S/C21H26N2O3/c1-15-6-7-18(16(2)13-15)14-22(3)20(24)17-8-10-23(11-9-17)21(25)19-5-4-12-26-19/h4-7,12-13,17H,8-11,14H2,1-3H3. The van der Waals surface area contributed by atoms with Gasteiger partial charge in [0.2, 0.25) is 5.91 Å². The first kappa shape index (κ1) is 18.2. The van der Waals surface area contributed by atoms with Gasteiger partial charge in [-0.3, -0.25) is 9.59 Å². The molecule has 2 amide bonds. The molecule has 26 heavy (non-hydrogen) atoms. The molecule has 1 saturated heterocycles. The van der Waals surface area contributed by atoms with Crippen LogP contribution < -0.4 is 0 Å². The summed E-state index contributed by atoms with van der Waals surface area (Å²) in [5.41, 5.74) is 3.62. The Labute approximate surface area is 154 Å². The predicted octanol–water partition coefficient (Wildman–Crippen LogP) is 3.41. The van der Waals surface area contributed by atoms with E-state index in [2.05, 4.69) is 32.0 Å². The lowest BCUT2D eigenvalue weighted by molar-refractivity contribution is -0.136. The minimum Gasteiger partial charge on any atom is -0.459 e. The molecule has 0 spiro atoms. The molecule has 3 rings (SSSR count). The second kappa shape index (κ2) is 7.77. The quantitative estimate of drug-likeness (QED) is 0.845. The summed E-state index contributed by atoms with van der Waals surface area (Å²) in [4.78, 5) is 28.7. The van der Waals surface area contributed by atoms with E-state index in [4.69, 9.17) is 4.42 Å². The van der Waals surface area contributed by atoms with Gasteiger partial charge in [-0.05, 0) is 49.9 Å². The number of furan rings is 1. The van der Waals surface area contributed by atoms with Gasteiger partial charge in [-0.25, -0.2) is 0 Å². The molecule has 0 N–H and O–H groups in total. The Bertz CT molecular complexity index is 775. The van der Waals surface area contributed by atoms with E-state index in [1.165, 1.54) is 23.0 Å². The number of rotatable bonds is 4. The van der Waals surface area contributed by atoms with Crippen molar-refractivity contribution in [1.29, 1.82) is 0 Å². The van der Waals surface area contributed by atoms with Gasteiger partial charge in [0.1, 0.15) is 0 Å². The van der Waals surface area contributed by atoms with Crippen LogP contribution in [0, 0.1) is 19.8 Å². The second-order valence-electron chi connectivity index (χ2n) is 7.17. The molecule has 2 heterocycles. The summed E-state index contributed by atoms with van der Waals surface area (Å²) in [6, 6.07) is 9.72. The fourth-order valence-corrected chi connectivity index (χ4v) is 3.55. The Balaban J connectivity index is 1.55. The lowest BCUT2D eigenvalue weighted by Crippen LogP contribution is -2.43. The highest BCUT2D eigenvalue weighted by Crippen LogP contribution is 2.22. The minimum atomic E-state index is -0.0930. The molecule has 0 atom stereocenters. The lowest BCUT2D eigenvalue weighted by Gasteiger charge is -2.33. The van der Waals surface area contributed by atoms with E-state index in [-0.39, 0.29) is 17.7 Å². The van der Waals surface area contributed by atoms with Crippen molar-refractivity contribution in [2.24, 2.45) is 5.92 Å². The van der Waals surface area contributed by atoms with E-state index in [0.717, 1.165) is 0 Å². The van der Waals surface area contributed by atoms with Crippen molar-refractivity contribution < 1.29 is 14.0 Å². The van der Waals surface area contributed by atoms with Crippen LogP contribution in [-0.4, -0.2) is 41.8 Å². The first-order valence-corrected chi connectivity index (χ1v) is 9.09. The highest BCUT2D eigenvalue weighted by molar-refractivity contribution is 5.91. The topological polar surface area (TPSA) is 53.8 Å². The maximum atomic E-state index is 12.8. The molecule has 0 radical (unpaired) electrons. The van der Waals surface area contributed by atoms with Gasteiger partial charge in [0.05, 0.1) is 6.26 Å². The summed E-state index contributed by atoms with van der Waals surface area (Å²) in [6.07, 6.45) is 2.90. The third-order valence-corrected chi connectivity index (χ3v) is 5.15. The zero-order valence-corrected chi connectivity index (χ0v) is 15.7. The largest absolute Gasteiger partial charge is 0.459 e. The van der Waals surface area contributed by atoms with Gasteiger partial charge in [-0.1, -0.05) is 23.8 Å². The van der Waals surface area contributed by atoms with Gasteiger partial charge in [-0.15, -0.1) is 0 Å². The van der Waals surface area contributed by atoms with Gasteiger partial charge in [0.25, 0.3) is 5.91 Å². The van der Waals surface area contributed by atoms with Crippen molar-refractivity contribution in [3.8, 4) is 0 Å². The third-order valence-electron chi connectivity index (χ3n) is 5.15. The average molecular weight is 354 g/mol. The molecule has 5 nitrogen and oxygen atoms in total. The van der Waals surface area contributed by atoms with Gasteiger partial charge in [-0.2, -0.15) is 0 Å². The first-order valence-electron chi connectivity index (χ1n) is 9.09. The van der Waals surface area contributed by atoms with Crippen molar-refractivity contribution in [3.05, 3.63) is 59.0 Å². The number of amides is 2. The number of aryl methyl sites for hydroxylation is 2. The van der Waals surface area contributed by atoms with E-state index in [1.54, 1.807) is 17.0 Å². The summed E-state index contributed by atoms with van der Waals surface area (Å²) in [7, 11) is 1.86. The number of benzene rings is 1. The van der Waals surface area contributed by atoms with Crippen LogP contribution in [0.25, 0.3) is 0 Å². The number of carbonyl (C=O) groups is 2. The molecule has 1 aliphatic heterocycles. The summed E-state index contributed by atoms with van der Waals surface area (Å²) in [5, 5.41) is 0. The normalized spacial score (nSPS) is 15.1. The molecule has 1 fully saturated rings. The molecule has 5 heteroatoms. The maximum Gasteiger partial charge on any atom is 0.289 e. The van der Waals surface area contributed by atoms with Crippen LogP contribution in [0.2, 0.25) is 0 Å². The number of nitrogens with zero attached hydrogens (tertiary/aromatic N) is 2. The van der Waals surface area contributed by atoms with Crippen molar-refractivity contribution in [2.45, 2.75) is 33.2 Å². The van der Waals surface area contributed by atoms with Crippen LogP contribution in [0.15, 0.2) is 41.0 Å². The molecular formula is C21H26N2O3. The summed E-state index contributed by atoms with van der Waals surface area (Å²) < 4.78 is 5.18. The van der Waals surface area contributed by atoms with Crippen LogP contribution in [0.4, 0.5) is 0 Å². The summed E-state index contributed by atoms with van der Waals surface area (Å²) in [5.74, 6) is 0.410. The third kappa shape index (κ3) is 3.98. The van der Waals surface area contributed by atoms with Crippen LogP contribution in [0.1, 0.15) is 40.1 Å². The number of likely N-dealkylation sites (tertiary alicyclic amines) is 1. The molecule has 0 bridgehead atoms. The minimum absolute atomic E-state index is 0.0218. The average Bonchev–Trinajstić information content (AvgIpc) is 3.17. The van der Waals surface area contributed by atoms with Gasteiger partial charge in [0, 0.05) is 32.6 Å². The second-order valence-corrected chi connectivity index (χ2v) is 7.17. The molecule has 1 aromatic heterocycles. The Hall–Kier alpha value is -2.56. The number of piperidine rings is 1. The molecule has 0 unspecified atom stereocenters. The van der Waals surface area contributed by atoms with E-state index in [0.29, 0.717) is 38.2 Å². The van der Waals surface area contributed by atoms with Crippen LogP contribution >= 0.6 is 0 Å². The Morgan fingerprint density at radius 2 is 1.92 bits per heavy atom. The molecule has 2 aromatic rings. The Kier molecular flexibility index (Phi) is 5.45. The summed E-state index contributed by atoms with van der Waals surface area (Å²) in [6.45, 7) is 5.96. The summed E-state index contributed by atoms with van der Waals surface area (Å²) >= 11 is 0. The van der Waals surface area contributed by atoms with Gasteiger partial charge in [0.15, 0.2) is 5.76 Å². The van der Waals surface area contributed by atoms with E-state index >= 15 is 0 Å². The fourth-order valence-electron chi connectivity index (χ4n) is 3.55. The fraction of sp³-hybridized carbons (Fsp3) is 0.429. The lowest BCUT2D eigenvalue weighted by atomic mass is 9.94. The van der Waals surface area contributed by atoms with E-state index in [1.807, 2.05) is 11.9 Å². The van der Waals surface area contributed by atoms with Crippen molar-refractivity contribution in [2.75, 3.05) is 20.1 Å². The smallest absolute Gasteiger partial charge is 0.289 e. The zero-order valence-electron chi connectivity index (χ0n) is 15.7. The van der Waals surface area contributed by atoms with Gasteiger partial charge < -0.3 is 14.2 Å². The van der Waals surface area contributed by atoms with Crippen LogP contribution in [0.5, 0.6) is 0 Å². The molecule has 1 aliphatic rings. The van der Waals surface area contributed by atoms with Crippen molar-refractivity contribution >= 4 is 11.8 Å². The van der Waals surface area contributed by atoms with Crippen molar-refractivity contribution in [3.63, 3.8) is 0 Å². The number of hydrogen-bond donors (Lipinski definition) is 0. The van der Waals surface area contributed by atoms with Crippen LogP contribution in [-0.2, 0) is 11.3 Å². The monoisotopic (exact) mass is 354 g/mol. The Morgan fingerprint density at radius 1 is 1.19 bits per heavy atom. The number of hydrogen-bond acceptors (Lipinski definition) is 3. The molecular weight excluding hydrogens is 328 g/mol. The van der Waals surface area contributed by atoms with Gasteiger partial charge >= 0.3 is 0 Å². The van der Waals surface area contributed by atoms with E-state index in [9.17, 15) is 9.59 Å². The molecule has 0 saturated carbocycles. The van der Waals surface area contributed by atoms with Crippen molar-refractivity contribution in [1.82, 2.24) is 9.80 Å². The number of carbonyl (C=O) groups excluding carboxylic acids is 2.